The summed E-state index contributed by atoms with van der Waals surface area (Å²) in [5.74, 6) is 1.12. The Morgan fingerprint density at radius 3 is 1.38 bits per heavy atom. The molecular formula is C47H47AlN12O3. The first-order valence-corrected chi connectivity index (χ1v) is 21.8. The van der Waals surface area contributed by atoms with Crippen molar-refractivity contribution in [2.24, 2.45) is 4.10 Å². The lowest BCUT2D eigenvalue weighted by atomic mass is 9.98. The van der Waals surface area contributed by atoms with E-state index < -0.39 is 14.4 Å². The maximum Gasteiger partial charge on any atom is 0.386 e. The zero-order valence-electron chi connectivity index (χ0n) is 34.1. The molecule has 0 aliphatic heterocycles. The van der Waals surface area contributed by atoms with Gasteiger partial charge in [-0.1, -0.05) is 171 Å². The van der Waals surface area contributed by atoms with Gasteiger partial charge in [0.25, 0.3) is 0 Å². The number of carbonyl (C=O) groups is 1. The van der Waals surface area contributed by atoms with Gasteiger partial charge in [-0.3, -0.25) is 4.79 Å². The summed E-state index contributed by atoms with van der Waals surface area (Å²) >= 11 is -0.984. The van der Waals surface area contributed by atoms with Crippen molar-refractivity contribution in [3.8, 4) is 62.2 Å². The van der Waals surface area contributed by atoms with Gasteiger partial charge in [-0.25, -0.2) is 4.10 Å². The van der Waals surface area contributed by atoms with Crippen molar-refractivity contribution in [2.45, 2.75) is 45.1 Å². The molecule has 0 saturated heterocycles. The molecule has 6 aromatic carbocycles. The van der Waals surface area contributed by atoms with Gasteiger partial charge < -0.3 is 10.2 Å². The fourth-order valence-corrected chi connectivity index (χ4v) is 7.14. The monoisotopic (exact) mass is 854 g/mol. The molecule has 0 radical (unpaired) electrons. The van der Waals surface area contributed by atoms with Crippen molar-refractivity contribution in [3.05, 3.63) is 178 Å². The second-order valence-electron chi connectivity index (χ2n) is 13.3. The number of carbonyl (C=O) groups excluding carboxylic acids is 1. The number of aldehydes is 1. The molecule has 2 aromatic heterocycles. The smallest absolute Gasteiger partial charge is 0.386 e. The van der Waals surface area contributed by atoms with Crippen molar-refractivity contribution < 1.29 is 15.0 Å². The largest absolute Gasteiger partial charge is 0.392 e. The molecule has 0 saturated carbocycles. The topological polar surface area (TPSA) is 239 Å². The minimum absolute atomic E-state index is 0. The summed E-state index contributed by atoms with van der Waals surface area (Å²) in [6.45, 7) is 4.25. The first-order chi connectivity index (χ1) is 30.5. The van der Waals surface area contributed by atoms with Crippen LogP contribution in [-0.4, -0.2) is 72.1 Å². The van der Waals surface area contributed by atoms with E-state index in [1.54, 1.807) is 18.2 Å². The van der Waals surface area contributed by atoms with Gasteiger partial charge in [-0.15, -0.1) is 20.4 Å². The molecule has 0 bridgehead atoms. The van der Waals surface area contributed by atoms with E-state index in [0.717, 1.165) is 72.5 Å². The summed E-state index contributed by atoms with van der Waals surface area (Å²) in [7, 11) is 0. The predicted octanol–water partition coefficient (Wildman–Crippen LogP) is 10.1. The molecule has 316 valence electrons. The van der Waals surface area contributed by atoms with Crippen molar-refractivity contribution in [2.75, 3.05) is 0 Å². The number of nitrogens with zero attached hydrogens (tertiary/aromatic N) is 10. The molecule has 63 heavy (non-hydrogen) atoms. The van der Waals surface area contributed by atoms with E-state index >= 15 is 0 Å². The summed E-state index contributed by atoms with van der Waals surface area (Å²) in [4.78, 5) is 13.4. The highest BCUT2D eigenvalue weighted by Crippen LogP contribution is 2.31. The molecule has 8 aromatic rings. The third-order valence-corrected chi connectivity index (χ3v) is 11.8. The fraction of sp³-hybridized carbons (Fsp3) is 0.149. The van der Waals surface area contributed by atoms with Crippen molar-refractivity contribution in [3.63, 3.8) is 0 Å². The normalized spacial score (nSPS) is 9.76. The molecule has 0 amide bonds. The number of tetrazole rings is 2. The van der Waals surface area contributed by atoms with Crippen molar-refractivity contribution >= 4 is 20.7 Å². The van der Waals surface area contributed by atoms with E-state index in [1.807, 2.05) is 127 Å². The van der Waals surface area contributed by atoms with Gasteiger partial charge in [0.1, 0.15) is 6.29 Å². The number of aromatic amines is 2. The molecule has 2 heterocycles. The van der Waals surface area contributed by atoms with Gasteiger partial charge in [0.15, 0.2) is 0 Å². The Morgan fingerprint density at radius 1 is 0.635 bits per heavy atom. The number of aliphatic hydroxyl groups is 2. The number of benzene rings is 6. The zero-order chi connectivity index (χ0) is 43.9. The third-order valence-electron chi connectivity index (χ3n) is 9.48. The summed E-state index contributed by atoms with van der Waals surface area (Å²) in [6, 6.07) is 48.1. The minimum atomic E-state index is -0.984. The highest BCUT2D eigenvalue weighted by Gasteiger charge is 2.12. The van der Waals surface area contributed by atoms with Crippen LogP contribution in [0.3, 0.4) is 0 Å². The van der Waals surface area contributed by atoms with Crippen molar-refractivity contribution in [1.29, 1.82) is 5.26 Å². The summed E-state index contributed by atoms with van der Waals surface area (Å²) in [5, 5.41) is 57.3. The third kappa shape index (κ3) is 13.7. The minimum Gasteiger partial charge on any atom is -0.392 e. The predicted molar refractivity (Wildman–Crippen MR) is 247 cm³/mol. The van der Waals surface area contributed by atoms with Gasteiger partial charge in [-0.2, -0.15) is 15.7 Å². The van der Waals surface area contributed by atoms with Gasteiger partial charge in [0.2, 0.25) is 11.6 Å². The standard InChI is InChI=1S/C14H12N4O.C14H10N4O.C14H11NO.2C2H5.CH4.Al.N3/c2*19-9-10-5-7-11(8-6-10)12-3-1-2-4-13(12)14-15-17-18-16-14;15-9-13-3-1-2-4-14(13)12-7-5-11(10-16)6-8-12;2*1-2;;;1-3-2/h1-8,19H,9H2,(H,15,16,17,18);1-9H,(H,15,16,17,18);1-8,16H,10H2;2*1H2,2H3;1H4;;/q;;;;;;+1;-1. The number of rotatable bonds is 11. The van der Waals surface area contributed by atoms with Gasteiger partial charge in [-0.05, 0) is 71.4 Å². The van der Waals surface area contributed by atoms with E-state index in [2.05, 4.69) is 70.2 Å². The Bertz CT molecular complexity index is 2660. The van der Waals surface area contributed by atoms with Gasteiger partial charge >= 0.3 is 14.4 Å². The second-order valence-corrected chi connectivity index (χ2v) is 16.5. The highest BCUT2D eigenvalue weighted by atomic mass is 27.2. The van der Waals surface area contributed by atoms with Gasteiger partial charge in [0, 0.05) is 16.7 Å². The van der Waals surface area contributed by atoms with Crippen LogP contribution in [0.2, 0.25) is 10.6 Å². The van der Waals surface area contributed by atoms with Crippen LogP contribution in [0, 0.1) is 11.3 Å². The molecule has 0 spiro atoms. The van der Waals surface area contributed by atoms with Crippen LogP contribution in [0.4, 0.5) is 0 Å². The van der Waals surface area contributed by atoms with Crippen LogP contribution >= 0.6 is 0 Å². The quantitative estimate of drug-likeness (QED) is 0.0315. The van der Waals surface area contributed by atoms with Crippen LogP contribution in [0.15, 0.2) is 150 Å². The fourth-order valence-electron chi connectivity index (χ4n) is 6.09. The Hall–Kier alpha value is -7.62. The average Bonchev–Trinajstić information content (AvgIpc) is 4.11. The number of aromatic nitrogens is 8. The Labute approximate surface area is 370 Å². The SMILES string of the molecule is C.C[CH2][Al]([CH2]C)[N]=[N+]=[N-].N#Cc1ccccc1-c1ccc(CO)cc1.O=Cc1ccc(-c2ccccc2-c2nn[nH]n2)cc1.OCc1ccc(-c2ccccc2-c2nn[nH]n2)cc1. The zero-order valence-corrected chi connectivity index (χ0v) is 35.3. The lowest BCUT2D eigenvalue weighted by Gasteiger charge is -2.07. The average molecular weight is 855 g/mol. The Balaban J connectivity index is 0.000000191. The van der Waals surface area contributed by atoms with Crippen LogP contribution < -0.4 is 0 Å². The lowest BCUT2D eigenvalue weighted by molar-refractivity contribution is 0.112. The molecule has 0 aliphatic carbocycles. The van der Waals surface area contributed by atoms with E-state index in [9.17, 15) is 4.79 Å². The van der Waals surface area contributed by atoms with Gasteiger partial charge in [0.05, 0.1) is 24.8 Å². The maximum absolute atomic E-state index is 10.7. The maximum atomic E-state index is 10.7. The first-order valence-electron chi connectivity index (χ1n) is 19.6. The Morgan fingerprint density at radius 2 is 1.03 bits per heavy atom. The van der Waals surface area contributed by atoms with Crippen LogP contribution in [-0.2, 0) is 13.2 Å². The number of hydrogen-bond acceptors (Lipinski definition) is 11. The lowest BCUT2D eigenvalue weighted by Crippen LogP contribution is -2.02. The van der Waals surface area contributed by atoms with E-state index in [1.165, 1.54) is 0 Å². The molecular weight excluding hydrogens is 808 g/mol. The second kappa shape index (κ2) is 25.9. The number of H-pyrrole nitrogens is 2. The Kier molecular flexibility index (Phi) is 19.7. The molecule has 4 N–H and O–H groups in total. The summed E-state index contributed by atoms with van der Waals surface area (Å²) in [5.41, 5.74) is 18.9. The molecule has 0 aliphatic rings. The summed E-state index contributed by atoms with van der Waals surface area (Å²) < 4.78 is 3.68. The molecule has 0 atom stereocenters. The van der Waals surface area contributed by atoms with Crippen LogP contribution in [0.5, 0.6) is 0 Å². The number of aliphatic hydroxyl groups excluding tert-OH is 2. The highest BCUT2D eigenvalue weighted by molar-refractivity contribution is 6.56. The van der Waals surface area contributed by atoms with Crippen LogP contribution in [0.1, 0.15) is 48.3 Å². The molecule has 0 unspecified atom stereocenters. The van der Waals surface area contributed by atoms with E-state index in [-0.39, 0.29) is 20.6 Å². The molecule has 16 heteroatoms. The van der Waals surface area contributed by atoms with E-state index in [4.69, 9.17) is 21.0 Å². The molecule has 0 fully saturated rings. The number of nitriles is 1. The van der Waals surface area contributed by atoms with Crippen molar-refractivity contribution in [1.82, 2.24) is 41.2 Å². The van der Waals surface area contributed by atoms with E-state index in [0.29, 0.717) is 22.8 Å². The van der Waals surface area contributed by atoms with Crippen LogP contribution in [0.25, 0.3) is 66.6 Å². The summed E-state index contributed by atoms with van der Waals surface area (Å²) in [6.07, 6.45) is 0.828. The first kappa shape index (κ1) is 48.1. The number of nitrogens with one attached hydrogen (secondary N) is 2. The number of azide groups is 1. The molecule has 8 rings (SSSR count). The molecule has 15 nitrogen and oxygen atoms in total. The number of hydrogen-bond donors (Lipinski definition) is 4.